The molecule has 7 heteroatoms. The summed E-state index contributed by atoms with van der Waals surface area (Å²) in [4.78, 5) is 25.8. The van der Waals surface area contributed by atoms with Crippen LogP contribution >= 0.6 is 28.3 Å². The van der Waals surface area contributed by atoms with Crippen LogP contribution in [0.25, 0.3) is 0 Å². The summed E-state index contributed by atoms with van der Waals surface area (Å²) >= 11 is 3.10. The number of rotatable bonds is 4. The lowest BCUT2D eigenvalue weighted by molar-refractivity contribution is 0.0897. The average molecular weight is 351 g/mol. The third-order valence-corrected chi connectivity index (χ3v) is 4.01. The molecule has 5 nitrogen and oxygen atoms in total. The normalized spacial score (nSPS) is 17.2. The van der Waals surface area contributed by atoms with Crippen molar-refractivity contribution in [3.05, 3.63) is 32.7 Å². The van der Waals surface area contributed by atoms with Crippen LogP contribution in [0.5, 0.6) is 0 Å². The van der Waals surface area contributed by atoms with Crippen LogP contribution in [0, 0.1) is 5.92 Å². The minimum Gasteiger partial charge on any atom is -0.345 e. The molecule has 1 aliphatic rings. The molecule has 106 valence electrons. The molecule has 1 unspecified atom stereocenters. The third-order valence-electron chi connectivity index (χ3n) is 3.42. The molecule has 0 radical (unpaired) electrons. The number of carbonyl (C=O) groups excluding carboxylic acids is 1. The Bertz CT molecular complexity index is 530. The first-order chi connectivity index (χ1) is 8.46. The van der Waals surface area contributed by atoms with Gasteiger partial charge in [0.2, 0.25) is 0 Å². The van der Waals surface area contributed by atoms with Crippen molar-refractivity contribution < 1.29 is 4.79 Å². The van der Waals surface area contributed by atoms with Crippen molar-refractivity contribution in [2.45, 2.75) is 25.3 Å². The van der Waals surface area contributed by atoms with Crippen molar-refractivity contribution in [1.82, 2.24) is 10.3 Å². The van der Waals surface area contributed by atoms with Gasteiger partial charge in [-0.15, -0.1) is 12.4 Å². The van der Waals surface area contributed by atoms with Gasteiger partial charge in [0, 0.05) is 12.7 Å². The Balaban J connectivity index is 0.00000180. The zero-order valence-corrected chi connectivity index (χ0v) is 12.9. The van der Waals surface area contributed by atoms with E-state index in [1.54, 1.807) is 0 Å². The molecule has 1 amide bonds. The van der Waals surface area contributed by atoms with E-state index >= 15 is 0 Å². The maximum atomic E-state index is 12.1. The zero-order chi connectivity index (χ0) is 13.3. The molecule has 1 atom stereocenters. The first-order valence-electron chi connectivity index (χ1n) is 5.87. The van der Waals surface area contributed by atoms with E-state index in [9.17, 15) is 9.59 Å². The second kappa shape index (κ2) is 6.07. The first-order valence-corrected chi connectivity index (χ1v) is 6.66. The molecule has 19 heavy (non-hydrogen) atoms. The van der Waals surface area contributed by atoms with Gasteiger partial charge in [0.05, 0.1) is 15.6 Å². The molecule has 1 saturated carbocycles. The summed E-state index contributed by atoms with van der Waals surface area (Å²) in [5, 5.41) is 2.96. The van der Waals surface area contributed by atoms with Crippen LogP contribution < -0.4 is 16.6 Å². The number of aromatic nitrogens is 1. The van der Waals surface area contributed by atoms with Crippen LogP contribution in [0.1, 0.15) is 30.1 Å². The van der Waals surface area contributed by atoms with Gasteiger partial charge in [0.25, 0.3) is 11.5 Å². The Morgan fingerprint density at radius 1 is 1.63 bits per heavy atom. The Hall–Kier alpha value is -0.850. The number of nitrogens with two attached hydrogens (primary N) is 1. The Morgan fingerprint density at radius 3 is 2.74 bits per heavy atom. The van der Waals surface area contributed by atoms with Gasteiger partial charge in [-0.25, -0.2) is 0 Å². The van der Waals surface area contributed by atoms with Crippen molar-refractivity contribution in [3.8, 4) is 0 Å². The van der Waals surface area contributed by atoms with E-state index in [0.29, 0.717) is 22.5 Å². The van der Waals surface area contributed by atoms with Crippen molar-refractivity contribution >= 4 is 34.2 Å². The van der Waals surface area contributed by atoms with Gasteiger partial charge in [-0.1, -0.05) is 0 Å². The third kappa shape index (κ3) is 3.58. The molecule has 1 heterocycles. The SMILES string of the molecule is CC(CN)(NC(=O)c1c[nH]c(=O)c(Br)c1)C1CC1.Cl. The lowest BCUT2D eigenvalue weighted by Crippen LogP contribution is -2.53. The number of carbonyl (C=O) groups is 1. The largest absolute Gasteiger partial charge is 0.345 e. The number of aromatic amines is 1. The van der Waals surface area contributed by atoms with Crippen molar-refractivity contribution in [3.63, 3.8) is 0 Å². The standard InChI is InChI=1S/C12H16BrN3O2.ClH/c1-12(6-14,8-2-3-8)16-10(17)7-4-9(13)11(18)15-5-7;/h4-5,8H,2-3,6,14H2,1H3,(H,15,18)(H,16,17);1H. The Labute approximate surface area is 125 Å². The number of halogens is 2. The summed E-state index contributed by atoms with van der Waals surface area (Å²) in [5.41, 5.74) is 5.55. The van der Waals surface area contributed by atoms with Crippen molar-refractivity contribution in [1.29, 1.82) is 0 Å². The fourth-order valence-electron chi connectivity index (χ4n) is 1.96. The molecule has 0 spiro atoms. The first kappa shape index (κ1) is 16.2. The molecule has 0 saturated heterocycles. The van der Waals surface area contributed by atoms with Crippen molar-refractivity contribution in [2.24, 2.45) is 11.7 Å². The van der Waals surface area contributed by atoms with Gasteiger partial charge < -0.3 is 16.0 Å². The minimum absolute atomic E-state index is 0. The molecule has 1 aromatic rings. The van der Waals surface area contributed by atoms with Gasteiger partial charge in [0.15, 0.2) is 0 Å². The van der Waals surface area contributed by atoms with E-state index in [0.717, 1.165) is 12.8 Å². The van der Waals surface area contributed by atoms with Crippen LogP contribution in [-0.2, 0) is 0 Å². The highest BCUT2D eigenvalue weighted by Crippen LogP contribution is 2.39. The second-order valence-corrected chi connectivity index (χ2v) is 5.77. The lowest BCUT2D eigenvalue weighted by Gasteiger charge is -2.29. The van der Waals surface area contributed by atoms with E-state index in [1.807, 2.05) is 6.92 Å². The van der Waals surface area contributed by atoms with Gasteiger partial charge in [-0.2, -0.15) is 0 Å². The predicted molar refractivity (Wildman–Crippen MR) is 79.7 cm³/mol. The summed E-state index contributed by atoms with van der Waals surface area (Å²) in [6.07, 6.45) is 3.61. The second-order valence-electron chi connectivity index (χ2n) is 4.92. The zero-order valence-electron chi connectivity index (χ0n) is 10.5. The number of nitrogens with one attached hydrogen (secondary N) is 2. The topological polar surface area (TPSA) is 88.0 Å². The lowest BCUT2D eigenvalue weighted by atomic mass is 9.95. The average Bonchev–Trinajstić information content (AvgIpc) is 3.16. The fraction of sp³-hybridized carbons (Fsp3) is 0.500. The fourth-order valence-corrected chi connectivity index (χ4v) is 2.32. The Morgan fingerprint density at radius 2 is 2.26 bits per heavy atom. The number of hydrogen-bond acceptors (Lipinski definition) is 3. The molecular formula is C12H17BrClN3O2. The maximum Gasteiger partial charge on any atom is 0.262 e. The molecule has 0 aromatic carbocycles. The molecular weight excluding hydrogens is 334 g/mol. The highest BCUT2D eigenvalue weighted by atomic mass is 79.9. The monoisotopic (exact) mass is 349 g/mol. The maximum absolute atomic E-state index is 12.1. The molecule has 4 N–H and O–H groups in total. The van der Waals surface area contributed by atoms with Gasteiger partial charge >= 0.3 is 0 Å². The number of pyridine rings is 1. The number of hydrogen-bond donors (Lipinski definition) is 3. The number of amides is 1. The quantitative estimate of drug-likeness (QED) is 0.767. The minimum atomic E-state index is -0.361. The summed E-state index contributed by atoms with van der Waals surface area (Å²) in [6.45, 7) is 2.37. The van der Waals surface area contributed by atoms with Gasteiger partial charge in [-0.05, 0) is 47.7 Å². The van der Waals surface area contributed by atoms with Gasteiger partial charge in [0.1, 0.15) is 0 Å². The summed E-state index contributed by atoms with van der Waals surface area (Å²) in [6, 6.07) is 1.51. The van der Waals surface area contributed by atoms with Crippen LogP contribution in [0.4, 0.5) is 0 Å². The van der Waals surface area contributed by atoms with E-state index in [2.05, 4.69) is 26.2 Å². The predicted octanol–water partition coefficient (Wildman–Crippen LogP) is 1.42. The van der Waals surface area contributed by atoms with Crippen LogP contribution in [-0.4, -0.2) is 23.0 Å². The summed E-state index contributed by atoms with van der Waals surface area (Å²) in [5.74, 6) is 0.240. The molecule has 2 rings (SSSR count). The van der Waals surface area contributed by atoms with Crippen molar-refractivity contribution in [2.75, 3.05) is 6.54 Å². The van der Waals surface area contributed by atoms with E-state index in [4.69, 9.17) is 5.73 Å². The molecule has 1 fully saturated rings. The van der Waals surface area contributed by atoms with E-state index in [1.165, 1.54) is 12.3 Å². The number of H-pyrrole nitrogens is 1. The van der Waals surface area contributed by atoms with E-state index < -0.39 is 0 Å². The summed E-state index contributed by atoms with van der Waals surface area (Å²) < 4.78 is 0.344. The molecule has 0 bridgehead atoms. The molecule has 0 aliphatic heterocycles. The van der Waals surface area contributed by atoms with Gasteiger partial charge in [-0.3, -0.25) is 9.59 Å². The van der Waals surface area contributed by atoms with Crippen LogP contribution in [0.3, 0.4) is 0 Å². The molecule has 1 aliphatic carbocycles. The van der Waals surface area contributed by atoms with Crippen LogP contribution in [0.2, 0.25) is 0 Å². The highest BCUT2D eigenvalue weighted by Gasteiger charge is 2.41. The van der Waals surface area contributed by atoms with Crippen LogP contribution in [0.15, 0.2) is 21.5 Å². The summed E-state index contributed by atoms with van der Waals surface area (Å²) in [7, 11) is 0. The van der Waals surface area contributed by atoms with E-state index in [-0.39, 0.29) is 29.4 Å². The highest BCUT2D eigenvalue weighted by molar-refractivity contribution is 9.10. The Kier molecular flexibility index (Phi) is 5.18. The molecule has 1 aromatic heterocycles. The smallest absolute Gasteiger partial charge is 0.262 e.